The van der Waals surface area contributed by atoms with Gasteiger partial charge in [0, 0.05) is 23.0 Å². The van der Waals surface area contributed by atoms with E-state index in [0.29, 0.717) is 6.54 Å². The Bertz CT molecular complexity index is 620. The topological polar surface area (TPSA) is 77.0 Å². The molecule has 1 amide bonds. The summed E-state index contributed by atoms with van der Waals surface area (Å²) in [4.78, 5) is 12.2. The highest BCUT2D eigenvalue weighted by molar-refractivity contribution is 9.10. The van der Waals surface area contributed by atoms with Crippen LogP contribution in [0.5, 0.6) is 0 Å². The summed E-state index contributed by atoms with van der Waals surface area (Å²) < 4.78 is 1.02. The number of nitrogens with one attached hydrogen (secondary N) is 3. The van der Waals surface area contributed by atoms with E-state index in [1.54, 1.807) is 6.08 Å². The van der Waals surface area contributed by atoms with E-state index >= 15 is 0 Å². The van der Waals surface area contributed by atoms with Crippen LogP contribution in [0, 0.1) is 17.2 Å². The van der Waals surface area contributed by atoms with Crippen molar-refractivity contribution in [1.29, 1.82) is 5.26 Å². The monoisotopic (exact) mass is 376 g/mol. The Labute approximate surface area is 145 Å². The summed E-state index contributed by atoms with van der Waals surface area (Å²) in [7, 11) is 0. The van der Waals surface area contributed by atoms with E-state index in [1.807, 2.05) is 44.2 Å². The second-order valence-electron chi connectivity index (χ2n) is 5.69. The SMILES string of the molecule is CCC(C)NC(=O)/C(C#N)=C/C1CNNC1c1ccc(Br)cc1. The number of nitrogens with zero attached hydrogens (tertiary/aromatic N) is 1. The highest BCUT2D eigenvalue weighted by Gasteiger charge is 2.28. The van der Waals surface area contributed by atoms with Crippen molar-refractivity contribution in [2.24, 2.45) is 5.92 Å². The van der Waals surface area contributed by atoms with Gasteiger partial charge in [0.25, 0.3) is 5.91 Å². The Hall–Kier alpha value is -1.68. The molecule has 0 spiro atoms. The molecule has 0 bridgehead atoms. The Morgan fingerprint density at radius 1 is 1.52 bits per heavy atom. The van der Waals surface area contributed by atoms with Crippen molar-refractivity contribution in [3.05, 3.63) is 46.0 Å². The number of hydrogen-bond acceptors (Lipinski definition) is 4. The van der Waals surface area contributed by atoms with Crippen molar-refractivity contribution < 1.29 is 4.79 Å². The summed E-state index contributed by atoms with van der Waals surface area (Å²) in [6, 6.07) is 10.1. The van der Waals surface area contributed by atoms with E-state index in [0.717, 1.165) is 16.5 Å². The molecule has 1 aliphatic rings. The molecule has 0 radical (unpaired) electrons. The number of nitriles is 1. The minimum Gasteiger partial charge on any atom is -0.349 e. The van der Waals surface area contributed by atoms with E-state index in [1.165, 1.54) is 0 Å². The average molecular weight is 377 g/mol. The van der Waals surface area contributed by atoms with Crippen molar-refractivity contribution >= 4 is 21.8 Å². The van der Waals surface area contributed by atoms with Gasteiger partial charge in [-0.15, -0.1) is 0 Å². The second-order valence-corrected chi connectivity index (χ2v) is 6.61. The Kier molecular flexibility index (Phi) is 6.34. The molecular weight excluding hydrogens is 356 g/mol. The highest BCUT2D eigenvalue weighted by Crippen LogP contribution is 2.27. The Morgan fingerprint density at radius 3 is 2.83 bits per heavy atom. The summed E-state index contributed by atoms with van der Waals surface area (Å²) in [6.45, 7) is 4.59. The molecule has 2 rings (SSSR count). The predicted molar refractivity (Wildman–Crippen MR) is 93.1 cm³/mol. The first-order valence-corrected chi connectivity index (χ1v) is 8.51. The molecule has 6 heteroatoms. The van der Waals surface area contributed by atoms with Gasteiger partial charge in [-0.25, -0.2) is 5.43 Å². The molecule has 3 N–H and O–H groups in total. The van der Waals surface area contributed by atoms with Crippen LogP contribution in [-0.4, -0.2) is 18.5 Å². The largest absolute Gasteiger partial charge is 0.349 e. The van der Waals surface area contributed by atoms with E-state index in [9.17, 15) is 10.1 Å². The maximum absolute atomic E-state index is 12.2. The van der Waals surface area contributed by atoms with Crippen LogP contribution in [0.15, 0.2) is 40.4 Å². The van der Waals surface area contributed by atoms with Gasteiger partial charge in [-0.05, 0) is 31.0 Å². The van der Waals surface area contributed by atoms with Gasteiger partial charge >= 0.3 is 0 Å². The first kappa shape index (κ1) is 17.7. The van der Waals surface area contributed by atoms with Gasteiger partial charge < -0.3 is 5.32 Å². The molecule has 1 fully saturated rings. The van der Waals surface area contributed by atoms with Crippen LogP contribution in [0.3, 0.4) is 0 Å². The van der Waals surface area contributed by atoms with Gasteiger partial charge in [0.2, 0.25) is 0 Å². The fourth-order valence-electron chi connectivity index (χ4n) is 2.45. The zero-order chi connectivity index (χ0) is 16.8. The van der Waals surface area contributed by atoms with Crippen LogP contribution in [0.2, 0.25) is 0 Å². The second kappa shape index (κ2) is 8.25. The fraction of sp³-hybridized carbons (Fsp3) is 0.412. The first-order chi connectivity index (χ1) is 11.0. The van der Waals surface area contributed by atoms with Crippen LogP contribution in [0.25, 0.3) is 0 Å². The number of carbonyl (C=O) groups is 1. The van der Waals surface area contributed by atoms with E-state index in [4.69, 9.17) is 0 Å². The van der Waals surface area contributed by atoms with Crippen molar-refractivity contribution in [3.63, 3.8) is 0 Å². The summed E-state index contributed by atoms with van der Waals surface area (Å²) >= 11 is 3.43. The van der Waals surface area contributed by atoms with E-state index < -0.39 is 0 Å². The molecule has 0 aromatic heterocycles. The summed E-state index contributed by atoms with van der Waals surface area (Å²) in [6.07, 6.45) is 2.59. The highest BCUT2D eigenvalue weighted by atomic mass is 79.9. The van der Waals surface area contributed by atoms with Gasteiger partial charge in [-0.1, -0.05) is 41.1 Å². The predicted octanol–water partition coefficient (Wildman–Crippen LogP) is 2.58. The standard InChI is InChI=1S/C17H21BrN4O/c1-3-11(2)21-17(23)13(9-19)8-14-10-20-22-16(14)12-4-6-15(18)7-5-12/h4-8,11,14,16,20,22H,3,10H2,1-2H3,(H,21,23)/b13-8+. The summed E-state index contributed by atoms with van der Waals surface area (Å²) in [5.74, 6) is -0.267. The van der Waals surface area contributed by atoms with Crippen LogP contribution in [0.4, 0.5) is 0 Å². The fourth-order valence-corrected chi connectivity index (χ4v) is 2.71. The number of halogens is 1. The lowest BCUT2D eigenvalue weighted by Crippen LogP contribution is -2.33. The number of carbonyl (C=O) groups excluding carboxylic acids is 1. The molecular formula is C17H21BrN4O. The van der Waals surface area contributed by atoms with Crippen LogP contribution in [0.1, 0.15) is 31.9 Å². The molecule has 23 heavy (non-hydrogen) atoms. The number of hydrogen-bond donors (Lipinski definition) is 3. The third-order valence-electron chi connectivity index (χ3n) is 3.99. The Morgan fingerprint density at radius 2 is 2.22 bits per heavy atom. The molecule has 1 heterocycles. The van der Waals surface area contributed by atoms with Gasteiger partial charge in [-0.3, -0.25) is 10.2 Å². The molecule has 122 valence electrons. The lowest BCUT2D eigenvalue weighted by molar-refractivity contribution is -0.117. The third kappa shape index (κ3) is 4.64. The van der Waals surface area contributed by atoms with Crippen molar-refractivity contribution in [2.75, 3.05) is 6.54 Å². The van der Waals surface area contributed by atoms with E-state index in [-0.39, 0.29) is 29.5 Å². The molecule has 0 aliphatic carbocycles. The van der Waals surface area contributed by atoms with Gasteiger partial charge in [0.1, 0.15) is 11.6 Å². The third-order valence-corrected chi connectivity index (χ3v) is 4.52. The average Bonchev–Trinajstić information content (AvgIpc) is 3.01. The number of hydrazine groups is 1. The first-order valence-electron chi connectivity index (χ1n) is 7.71. The normalized spacial score (nSPS) is 22.4. The quantitative estimate of drug-likeness (QED) is 0.545. The number of amides is 1. The molecule has 3 atom stereocenters. The zero-order valence-corrected chi connectivity index (χ0v) is 14.9. The molecule has 3 unspecified atom stereocenters. The molecule has 1 aromatic carbocycles. The number of benzene rings is 1. The number of rotatable bonds is 5. The lowest BCUT2D eigenvalue weighted by Gasteiger charge is -2.17. The minimum absolute atomic E-state index is 0.0304. The van der Waals surface area contributed by atoms with Crippen LogP contribution >= 0.6 is 15.9 Å². The van der Waals surface area contributed by atoms with E-state index in [2.05, 4.69) is 32.1 Å². The summed E-state index contributed by atoms with van der Waals surface area (Å²) in [5.41, 5.74) is 7.60. The van der Waals surface area contributed by atoms with Crippen LogP contribution < -0.4 is 16.2 Å². The summed E-state index contributed by atoms with van der Waals surface area (Å²) in [5, 5.41) is 12.1. The molecule has 1 aliphatic heterocycles. The van der Waals surface area contributed by atoms with Gasteiger partial charge in [-0.2, -0.15) is 5.26 Å². The van der Waals surface area contributed by atoms with Gasteiger partial charge in [0.05, 0.1) is 6.04 Å². The molecule has 5 nitrogen and oxygen atoms in total. The molecule has 0 saturated carbocycles. The van der Waals surface area contributed by atoms with Crippen LogP contribution in [-0.2, 0) is 4.79 Å². The maximum atomic E-state index is 12.2. The lowest BCUT2D eigenvalue weighted by atomic mass is 9.93. The molecule has 1 aromatic rings. The van der Waals surface area contributed by atoms with Crippen molar-refractivity contribution in [1.82, 2.24) is 16.2 Å². The zero-order valence-electron chi connectivity index (χ0n) is 13.3. The smallest absolute Gasteiger partial charge is 0.261 e. The Balaban J connectivity index is 2.16. The molecule has 1 saturated heterocycles. The van der Waals surface area contributed by atoms with Crippen molar-refractivity contribution in [2.45, 2.75) is 32.4 Å². The minimum atomic E-state index is -0.302. The van der Waals surface area contributed by atoms with Gasteiger partial charge in [0.15, 0.2) is 0 Å². The maximum Gasteiger partial charge on any atom is 0.261 e. The van der Waals surface area contributed by atoms with Crippen molar-refractivity contribution in [3.8, 4) is 6.07 Å².